The molecule has 0 bridgehead atoms. The molecule has 13 heavy (non-hydrogen) atoms. The molecule has 1 aliphatic carbocycles. The van der Waals surface area contributed by atoms with Gasteiger partial charge in [0.1, 0.15) is 0 Å². The first-order valence-corrected chi connectivity index (χ1v) is 5.43. The Morgan fingerprint density at radius 1 is 1.00 bits per heavy atom. The monoisotopic (exact) mass is 352 g/mol. The second-order valence-electron chi connectivity index (χ2n) is 2.47. The Bertz CT molecular complexity index is 286. The molecule has 1 aromatic rings. The van der Waals surface area contributed by atoms with E-state index in [0.29, 0.717) is 0 Å². The van der Waals surface area contributed by atoms with Crippen LogP contribution in [0.25, 0.3) is 6.08 Å². The van der Waals surface area contributed by atoms with Crippen molar-refractivity contribution in [1.29, 1.82) is 0 Å². The topological polar surface area (TPSA) is 0 Å². The minimum atomic E-state index is 0. The van der Waals surface area contributed by atoms with Gasteiger partial charge in [-0.15, -0.1) is 0 Å². The summed E-state index contributed by atoms with van der Waals surface area (Å²) in [5.41, 5.74) is 2.94. The minimum absolute atomic E-state index is 0. The van der Waals surface area contributed by atoms with E-state index in [2.05, 4.69) is 36.4 Å². The Kier molecular flexibility index (Phi) is 7.13. The Hall–Kier alpha value is -0.380. The van der Waals surface area contributed by atoms with Gasteiger partial charge in [0, 0.05) is 0 Å². The zero-order valence-corrected chi connectivity index (χ0v) is 10.3. The van der Waals surface area contributed by atoms with Crippen molar-refractivity contribution in [2.24, 2.45) is 0 Å². The van der Waals surface area contributed by atoms with Crippen LogP contribution in [0.4, 0.5) is 0 Å². The molecule has 0 aliphatic heterocycles. The molecule has 1 aromatic carbocycles. The molecule has 0 radical (unpaired) electrons. The molecule has 0 heterocycles. The summed E-state index contributed by atoms with van der Waals surface area (Å²) in [5, 5.41) is 0. The molecule has 2 rings (SSSR count). The fourth-order valence-corrected chi connectivity index (χ4v) is 2.54. The number of fused-ring (bicyclic) bond motifs is 1. The van der Waals surface area contributed by atoms with Crippen molar-refractivity contribution in [1.82, 2.24) is 0 Å². The summed E-state index contributed by atoms with van der Waals surface area (Å²) in [6, 6.07) is 8.64. The SMILES string of the molecule is [F-].[F-].[F-].[Hf+3][CH]1C=Cc2ccccc21. The molecule has 0 fully saturated rings. The van der Waals surface area contributed by atoms with Crippen molar-refractivity contribution in [3.8, 4) is 0 Å². The van der Waals surface area contributed by atoms with E-state index in [1.54, 1.807) is 0 Å². The fraction of sp³-hybridized carbons (Fsp3) is 0.111. The van der Waals surface area contributed by atoms with E-state index in [-0.39, 0.29) is 14.1 Å². The van der Waals surface area contributed by atoms with E-state index in [4.69, 9.17) is 0 Å². The predicted molar refractivity (Wildman–Crippen MR) is 38.2 cm³/mol. The van der Waals surface area contributed by atoms with Crippen molar-refractivity contribution in [3.63, 3.8) is 0 Å². The summed E-state index contributed by atoms with van der Waals surface area (Å²) in [7, 11) is 0. The van der Waals surface area contributed by atoms with Crippen LogP contribution in [0.2, 0.25) is 0 Å². The number of hydrogen-bond acceptors (Lipinski definition) is 0. The quantitative estimate of drug-likeness (QED) is 0.408. The van der Waals surface area contributed by atoms with Gasteiger partial charge < -0.3 is 14.1 Å². The van der Waals surface area contributed by atoms with Gasteiger partial charge in [-0.1, -0.05) is 0 Å². The number of hydrogen-bond donors (Lipinski definition) is 0. The first-order valence-electron chi connectivity index (χ1n) is 3.36. The zero-order valence-electron chi connectivity index (χ0n) is 6.68. The van der Waals surface area contributed by atoms with Gasteiger partial charge >= 0.3 is 75.6 Å². The van der Waals surface area contributed by atoms with E-state index in [1.165, 1.54) is 35.5 Å². The van der Waals surface area contributed by atoms with Crippen LogP contribution in [0.5, 0.6) is 0 Å². The number of benzene rings is 1. The molecule has 0 amide bonds. The third-order valence-corrected chi connectivity index (χ3v) is 3.61. The first-order chi connectivity index (χ1) is 4.88. The van der Waals surface area contributed by atoms with Gasteiger partial charge in [0.15, 0.2) is 0 Å². The second-order valence-corrected chi connectivity index (χ2v) is 4.70. The van der Waals surface area contributed by atoms with Crippen LogP contribution in [0, 0.1) is 0 Å². The molecule has 68 valence electrons. The van der Waals surface area contributed by atoms with Crippen LogP contribution in [0.1, 0.15) is 14.8 Å². The van der Waals surface area contributed by atoms with E-state index < -0.39 is 0 Å². The van der Waals surface area contributed by atoms with Gasteiger partial charge in [0.2, 0.25) is 0 Å². The van der Waals surface area contributed by atoms with Gasteiger partial charge in [-0.3, -0.25) is 0 Å². The fourth-order valence-electron chi connectivity index (χ4n) is 1.25. The van der Waals surface area contributed by atoms with Crippen molar-refractivity contribution >= 4 is 6.08 Å². The molecule has 0 spiro atoms. The van der Waals surface area contributed by atoms with Gasteiger partial charge in [-0.25, -0.2) is 0 Å². The Morgan fingerprint density at radius 3 is 2.23 bits per heavy atom. The molecule has 1 unspecified atom stereocenters. The Balaban J connectivity index is 0. The van der Waals surface area contributed by atoms with Gasteiger partial charge in [-0.05, 0) is 0 Å². The van der Waals surface area contributed by atoms with E-state index >= 15 is 0 Å². The summed E-state index contributed by atoms with van der Waals surface area (Å²) in [4.78, 5) is 0. The summed E-state index contributed by atoms with van der Waals surface area (Å²) in [6.45, 7) is 0. The van der Waals surface area contributed by atoms with E-state index in [0.717, 1.165) is 3.67 Å². The summed E-state index contributed by atoms with van der Waals surface area (Å²) >= 11 is 1.24. The Morgan fingerprint density at radius 2 is 1.62 bits per heavy atom. The maximum atomic E-state index is 2.30. The number of rotatable bonds is 0. The molecule has 0 aromatic heterocycles. The second kappa shape index (κ2) is 6.13. The Labute approximate surface area is 89.7 Å². The van der Waals surface area contributed by atoms with Crippen LogP contribution in [0.3, 0.4) is 0 Å². The van der Waals surface area contributed by atoms with Gasteiger partial charge in [0.05, 0.1) is 0 Å². The van der Waals surface area contributed by atoms with Crippen LogP contribution in [-0.4, -0.2) is 0 Å². The van der Waals surface area contributed by atoms with E-state index in [9.17, 15) is 0 Å². The normalized spacial score (nSPS) is 16.3. The molecule has 1 atom stereocenters. The molecule has 0 N–H and O–H groups in total. The van der Waals surface area contributed by atoms with Crippen LogP contribution in [0.15, 0.2) is 30.3 Å². The van der Waals surface area contributed by atoms with Crippen molar-refractivity contribution < 1.29 is 38.5 Å². The maximum absolute atomic E-state index is 2.30. The average Bonchev–Trinajstić information content (AvgIpc) is 2.34. The predicted octanol–water partition coefficient (Wildman–Crippen LogP) is -6.69. The van der Waals surface area contributed by atoms with Crippen LogP contribution in [-0.2, 0) is 24.4 Å². The first kappa shape index (κ1) is 15.1. The standard InChI is InChI=1S/C9H7.3FH.Hf/c1-2-5-9-7-3-6-8(9)4-1;;;;/h1-7H;3*1H;/q;;;;+3/p-3. The van der Waals surface area contributed by atoms with Crippen molar-refractivity contribution in [3.05, 3.63) is 41.5 Å². The zero-order chi connectivity index (χ0) is 6.97. The average molecular weight is 351 g/mol. The van der Waals surface area contributed by atoms with Crippen molar-refractivity contribution in [2.75, 3.05) is 0 Å². The van der Waals surface area contributed by atoms with Gasteiger partial charge in [-0.2, -0.15) is 0 Å². The third kappa shape index (κ3) is 2.79. The summed E-state index contributed by atoms with van der Waals surface area (Å²) in [5.74, 6) is 0. The van der Waals surface area contributed by atoms with Crippen LogP contribution >= 0.6 is 0 Å². The summed E-state index contributed by atoms with van der Waals surface area (Å²) < 4.78 is 0.760. The molecular weight excluding hydrogens is 344 g/mol. The van der Waals surface area contributed by atoms with Gasteiger partial charge in [0.25, 0.3) is 0 Å². The molecule has 0 saturated heterocycles. The van der Waals surface area contributed by atoms with Crippen LogP contribution < -0.4 is 14.1 Å². The molecule has 0 saturated carbocycles. The van der Waals surface area contributed by atoms with E-state index in [1.807, 2.05) is 0 Å². The third-order valence-electron chi connectivity index (χ3n) is 1.80. The molecular formula is C9H7F3Hf. The molecule has 0 nitrogen and oxygen atoms in total. The summed E-state index contributed by atoms with van der Waals surface area (Å²) in [6.07, 6.45) is 4.53. The van der Waals surface area contributed by atoms with Crippen molar-refractivity contribution in [2.45, 2.75) is 3.67 Å². The number of halogens is 3. The number of allylic oxidation sites excluding steroid dienone is 1. The molecule has 4 heteroatoms. The molecule has 1 aliphatic rings.